The topological polar surface area (TPSA) is 83.7 Å². The van der Waals surface area contributed by atoms with Gasteiger partial charge in [-0.2, -0.15) is 0 Å². The van der Waals surface area contributed by atoms with E-state index in [0.29, 0.717) is 10.9 Å². The van der Waals surface area contributed by atoms with Gasteiger partial charge in [0.05, 0.1) is 18.9 Å². The zero-order chi connectivity index (χ0) is 17.2. The molecule has 8 heteroatoms. The lowest BCUT2D eigenvalue weighted by Gasteiger charge is -2.18. The third kappa shape index (κ3) is 3.64. The van der Waals surface area contributed by atoms with Gasteiger partial charge in [-0.3, -0.25) is 9.05 Å². The smallest absolute Gasteiger partial charge is 0.404 e. The molecule has 0 fully saturated rings. The highest BCUT2D eigenvalue weighted by atomic mass is 32.1. The van der Waals surface area contributed by atoms with Gasteiger partial charge in [-0.05, 0) is 50.8 Å². The maximum absolute atomic E-state index is 12.6. The Morgan fingerprint density at radius 1 is 1.25 bits per heavy atom. The predicted octanol–water partition coefficient (Wildman–Crippen LogP) is 4.44. The molecular weight excluding hydrogens is 347 g/mol. The molecule has 0 radical (unpaired) electrons. The summed E-state index contributed by atoms with van der Waals surface area (Å²) in [5.74, 6) is 0.443. The Balaban J connectivity index is 1.97. The molecule has 0 bridgehead atoms. The normalized spacial score (nSPS) is 13.9. The number of nitrogens with two attached hydrogens (primary N) is 1. The molecule has 6 nitrogen and oxygen atoms in total. The summed E-state index contributed by atoms with van der Waals surface area (Å²) >= 11 is 1.52. The number of hydrogen-bond acceptors (Lipinski definition) is 7. The van der Waals surface area contributed by atoms with Crippen molar-refractivity contribution in [3.05, 3.63) is 28.6 Å². The summed E-state index contributed by atoms with van der Waals surface area (Å²) < 4.78 is 28.5. The number of phosphoric ester groups is 1. The molecule has 0 atom stereocenters. The second-order valence-corrected chi connectivity index (χ2v) is 8.08. The molecule has 1 aliphatic carbocycles. The van der Waals surface area contributed by atoms with Crippen LogP contribution in [0.4, 0.5) is 5.13 Å². The van der Waals surface area contributed by atoms with Gasteiger partial charge < -0.3 is 10.3 Å². The number of aromatic nitrogens is 1. The van der Waals surface area contributed by atoms with Crippen LogP contribution in [0, 0.1) is 0 Å². The van der Waals surface area contributed by atoms with Gasteiger partial charge in [0.1, 0.15) is 5.75 Å². The number of nitrogens with zero attached hydrogens (tertiary/aromatic N) is 1. The fourth-order valence-electron chi connectivity index (χ4n) is 2.78. The summed E-state index contributed by atoms with van der Waals surface area (Å²) in [5, 5.41) is 0.563. The number of anilines is 1. The summed E-state index contributed by atoms with van der Waals surface area (Å²) in [7, 11) is -3.61. The first-order valence-electron chi connectivity index (χ1n) is 8.02. The van der Waals surface area contributed by atoms with Crippen LogP contribution in [0.1, 0.15) is 30.7 Å². The van der Waals surface area contributed by atoms with Gasteiger partial charge in [-0.15, -0.1) is 11.3 Å². The van der Waals surface area contributed by atoms with Crippen LogP contribution in [-0.2, 0) is 26.5 Å². The predicted molar refractivity (Wildman–Crippen MR) is 95.5 cm³/mol. The molecule has 1 aliphatic rings. The Hall–Kier alpha value is -1.40. The molecule has 0 spiro atoms. The lowest BCUT2D eigenvalue weighted by molar-refractivity contribution is 0.167. The highest BCUT2D eigenvalue weighted by Crippen LogP contribution is 2.50. The Morgan fingerprint density at radius 3 is 2.71 bits per heavy atom. The van der Waals surface area contributed by atoms with Crippen LogP contribution in [0.5, 0.6) is 5.75 Å². The quantitative estimate of drug-likeness (QED) is 0.759. The largest absolute Gasteiger partial charge is 0.530 e. The standard InChI is InChI=1S/C16H21N2O4PS/c1-3-20-23(19,21-4-2)22-12-9-8-11-6-5-7-14-15(13(11)10-12)18-16(17)24-14/h8-10H,3-7H2,1-2H3,(H2,17,18). The zero-order valence-corrected chi connectivity index (χ0v) is 15.5. The highest BCUT2D eigenvalue weighted by molar-refractivity contribution is 7.48. The average Bonchev–Trinajstić information content (AvgIpc) is 2.81. The van der Waals surface area contributed by atoms with Crippen molar-refractivity contribution < 1.29 is 18.1 Å². The number of thiazole rings is 1. The molecule has 24 heavy (non-hydrogen) atoms. The minimum Gasteiger partial charge on any atom is -0.404 e. The number of rotatable bonds is 6. The lowest BCUT2D eigenvalue weighted by Crippen LogP contribution is -2.02. The Labute approximate surface area is 145 Å². The fraction of sp³-hybridized carbons (Fsp3) is 0.438. The fourth-order valence-corrected chi connectivity index (χ4v) is 4.85. The van der Waals surface area contributed by atoms with Crippen molar-refractivity contribution in [3.8, 4) is 17.0 Å². The monoisotopic (exact) mass is 368 g/mol. The van der Waals surface area contributed by atoms with Crippen molar-refractivity contribution in [2.45, 2.75) is 33.1 Å². The molecule has 1 heterocycles. The van der Waals surface area contributed by atoms with E-state index in [2.05, 4.69) is 4.98 Å². The summed E-state index contributed by atoms with van der Waals surface area (Å²) in [6.07, 6.45) is 2.98. The first kappa shape index (κ1) is 17.4. The second-order valence-electron chi connectivity index (χ2n) is 5.37. The van der Waals surface area contributed by atoms with Gasteiger partial charge in [0.2, 0.25) is 0 Å². The summed E-state index contributed by atoms with van der Waals surface area (Å²) in [6.45, 7) is 3.98. The van der Waals surface area contributed by atoms with Gasteiger partial charge in [-0.1, -0.05) is 6.07 Å². The SMILES string of the molecule is CCOP(=O)(OCC)Oc1ccc2c(c1)-c1nc(N)sc1CCC2. The van der Waals surface area contributed by atoms with E-state index in [1.807, 2.05) is 12.1 Å². The molecule has 1 aromatic heterocycles. The summed E-state index contributed by atoms with van der Waals surface area (Å²) in [6, 6.07) is 5.63. The van der Waals surface area contributed by atoms with E-state index < -0.39 is 7.82 Å². The van der Waals surface area contributed by atoms with Crippen LogP contribution in [-0.4, -0.2) is 18.2 Å². The van der Waals surface area contributed by atoms with Crippen molar-refractivity contribution in [1.29, 1.82) is 0 Å². The first-order valence-corrected chi connectivity index (χ1v) is 10.3. The van der Waals surface area contributed by atoms with Crippen LogP contribution in [0.3, 0.4) is 0 Å². The molecule has 1 aromatic carbocycles. The number of fused-ring (bicyclic) bond motifs is 3. The molecule has 130 valence electrons. The van der Waals surface area contributed by atoms with Gasteiger partial charge in [0.25, 0.3) is 0 Å². The second kappa shape index (κ2) is 7.23. The highest BCUT2D eigenvalue weighted by Gasteiger charge is 2.28. The Kier molecular flexibility index (Phi) is 5.25. The van der Waals surface area contributed by atoms with Crippen molar-refractivity contribution in [1.82, 2.24) is 4.98 Å². The molecule has 0 saturated heterocycles. The van der Waals surface area contributed by atoms with Crippen molar-refractivity contribution in [2.75, 3.05) is 18.9 Å². The number of phosphoric acid groups is 1. The number of benzene rings is 1. The molecule has 0 unspecified atom stereocenters. The van der Waals surface area contributed by atoms with E-state index in [-0.39, 0.29) is 13.2 Å². The van der Waals surface area contributed by atoms with E-state index in [9.17, 15) is 4.57 Å². The van der Waals surface area contributed by atoms with E-state index in [0.717, 1.165) is 30.5 Å². The van der Waals surface area contributed by atoms with Gasteiger partial charge in [0.15, 0.2) is 5.13 Å². The van der Waals surface area contributed by atoms with E-state index in [1.54, 1.807) is 19.9 Å². The van der Waals surface area contributed by atoms with E-state index in [1.165, 1.54) is 21.8 Å². The Morgan fingerprint density at radius 2 is 2.00 bits per heavy atom. The third-order valence-corrected chi connectivity index (χ3v) is 6.22. The molecule has 0 saturated carbocycles. The van der Waals surface area contributed by atoms with Crippen LogP contribution in [0.25, 0.3) is 11.3 Å². The minimum atomic E-state index is -3.61. The minimum absolute atomic E-state index is 0.245. The first-order chi connectivity index (χ1) is 11.5. The van der Waals surface area contributed by atoms with Crippen LogP contribution in [0.2, 0.25) is 0 Å². The van der Waals surface area contributed by atoms with Gasteiger partial charge in [0, 0.05) is 10.4 Å². The molecule has 0 amide bonds. The number of aryl methyl sites for hydroxylation is 2. The zero-order valence-electron chi connectivity index (χ0n) is 13.8. The molecule has 3 rings (SSSR count). The molecule has 0 aliphatic heterocycles. The van der Waals surface area contributed by atoms with Crippen molar-refractivity contribution in [2.24, 2.45) is 0 Å². The van der Waals surface area contributed by atoms with Crippen molar-refractivity contribution >= 4 is 24.3 Å². The van der Waals surface area contributed by atoms with E-state index in [4.69, 9.17) is 19.3 Å². The van der Waals surface area contributed by atoms with Crippen molar-refractivity contribution in [3.63, 3.8) is 0 Å². The molecule has 2 aromatic rings. The maximum Gasteiger partial charge on any atom is 0.530 e. The van der Waals surface area contributed by atoms with Crippen LogP contribution < -0.4 is 10.3 Å². The number of nitrogen functional groups attached to an aromatic ring is 1. The van der Waals surface area contributed by atoms with Gasteiger partial charge in [-0.25, -0.2) is 9.55 Å². The third-order valence-electron chi connectivity index (χ3n) is 3.69. The Bertz CT molecular complexity index is 767. The molecular formula is C16H21N2O4PS. The lowest BCUT2D eigenvalue weighted by atomic mass is 10.0. The van der Waals surface area contributed by atoms with Crippen LogP contribution >= 0.6 is 19.2 Å². The van der Waals surface area contributed by atoms with Gasteiger partial charge >= 0.3 is 7.82 Å². The average molecular weight is 368 g/mol. The van der Waals surface area contributed by atoms with E-state index >= 15 is 0 Å². The van der Waals surface area contributed by atoms with Crippen LogP contribution in [0.15, 0.2) is 18.2 Å². The summed E-state index contributed by atoms with van der Waals surface area (Å²) in [4.78, 5) is 5.65. The maximum atomic E-state index is 12.6. The summed E-state index contributed by atoms with van der Waals surface area (Å²) in [5.41, 5.74) is 8.95. The molecule has 2 N–H and O–H groups in total. The number of hydrogen-bond donors (Lipinski definition) is 1.